The molecule has 0 aliphatic rings. The van der Waals surface area contributed by atoms with Gasteiger partial charge in [-0.05, 0) is 81.2 Å². The van der Waals surface area contributed by atoms with Gasteiger partial charge in [0.25, 0.3) is 0 Å². The van der Waals surface area contributed by atoms with Crippen molar-refractivity contribution >= 4 is 12.4 Å². The van der Waals surface area contributed by atoms with Crippen molar-refractivity contribution in [2.75, 3.05) is 20.1 Å². The van der Waals surface area contributed by atoms with E-state index >= 15 is 0 Å². The van der Waals surface area contributed by atoms with Crippen LogP contribution in [-0.4, -0.2) is 37.6 Å². The van der Waals surface area contributed by atoms with Gasteiger partial charge < -0.3 is 10.2 Å². The molecule has 0 bridgehead atoms. The Labute approximate surface area is 240 Å². The summed E-state index contributed by atoms with van der Waals surface area (Å²) in [4.78, 5) is 5.96. The minimum atomic E-state index is -4.52. The van der Waals surface area contributed by atoms with Crippen molar-refractivity contribution in [3.8, 4) is 0 Å². The minimum absolute atomic E-state index is 0.175. The first-order valence-electron chi connectivity index (χ1n) is 13.6. The molecule has 1 aromatic rings. The first kappa shape index (κ1) is 34.5. The number of allylic oxidation sites excluding steroid dienone is 7. The zero-order valence-corrected chi connectivity index (χ0v) is 25.0. The fourth-order valence-electron chi connectivity index (χ4n) is 3.98. The van der Waals surface area contributed by atoms with Crippen LogP contribution in [-0.2, 0) is 6.42 Å². The molecule has 0 aromatic heterocycles. The van der Waals surface area contributed by atoms with E-state index in [0.29, 0.717) is 18.8 Å². The van der Waals surface area contributed by atoms with E-state index in [2.05, 4.69) is 81.2 Å². The van der Waals surface area contributed by atoms with Crippen molar-refractivity contribution in [3.63, 3.8) is 0 Å². The number of halogens is 3. The maximum Gasteiger partial charge on any atom is 0.416 e. The lowest BCUT2D eigenvalue weighted by atomic mass is 9.86. The highest BCUT2D eigenvalue weighted by Gasteiger charge is 2.31. The van der Waals surface area contributed by atoms with Crippen LogP contribution in [0.3, 0.4) is 0 Å². The van der Waals surface area contributed by atoms with Crippen LogP contribution in [0.5, 0.6) is 0 Å². The van der Waals surface area contributed by atoms with E-state index in [9.17, 15) is 13.2 Å². The molecule has 0 saturated carbocycles. The summed E-state index contributed by atoms with van der Waals surface area (Å²) in [5.41, 5.74) is 4.59. The number of likely N-dealkylation sites (N-methyl/N-ethyl adjacent to an activating group) is 1. The van der Waals surface area contributed by atoms with E-state index in [-0.39, 0.29) is 17.5 Å². The predicted molar refractivity (Wildman–Crippen MR) is 167 cm³/mol. The Morgan fingerprint density at radius 3 is 2.40 bits per heavy atom. The molecule has 0 radical (unpaired) electrons. The summed E-state index contributed by atoms with van der Waals surface area (Å²) in [5, 5.41) is 3.10. The summed E-state index contributed by atoms with van der Waals surface area (Å²) >= 11 is 0. The van der Waals surface area contributed by atoms with Gasteiger partial charge in [-0.1, -0.05) is 74.2 Å². The smallest absolute Gasteiger partial charge is 0.362 e. The van der Waals surface area contributed by atoms with Crippen LogP contribution in [0.2, 0.25) is 0 Å². The molecule has 6 heteroatoms. The number of benzene rings is 1. The van der Waals surface area contributed by atoms with Crippen molar-refractivity contribution in [3.05, 3.63) is 114 Å². The quantitative estimate of drug-likeness (QED) is 0.0957. The molecule has 40 heavy (non-hydrogen) atoms. The minimum Gasteiger partial charge on any atom is -0.362 e. The molecule has 2 atom stereocenters. The summed E-state index contributed by atoms with van der Waals surface area (Å²) in [6.07, 6.45) is 8.75. The highest BCUT2D eigenvalue weighted by Crippen LogP contribution is 2.28. The number of nitrogens with zero attached hydrogens (tertiary/aromatic N) is 2. The van der Waals surface area contributed by atoms with E-state index in [1.807, 2.05) is 33.0 Å². The van der Waals surface area contributed by atoms with Crippen LogP contribution in [0.4, 0.5) is 13.2 Å². The van der Waals surface area contributed by atoms with Crippen LogP contribution in [0.1, 0.15) is 52.2 Å². The van der Waals surface area contributed by atoms with Gasteiger partial charge in [-0.2, -0.15) is 13.2 Å². The molecule has 1 unspecified atom stereocenters. The normalized spacial score (nSPS) is 14.5. The highest BCUT2D eigenvalue weighted by molar-refractivity contribution is 5.56. The van der Waals surface area contributed by atoms with Crippen molar-refractivity contribution in [1.29, 1.82) is 0 Å². The Bertz CT molecular complexity index is 1150. The molecule has 0 amide bonds. The summed E-state index contributed by atoms with van der Waals surface area (Å²) in [6.45, 7) is 22.6. The van der Waals surface area contributed by atoms with Gasteiger partial charge in [-0.3, -0.25) is 4.99 Å². The van der Waals surface area contributed by atoms with Crippen molar-refractivity contribution in [1.82, 2.24) is 10.2 Å². The lowest BCUT2D eigenvalue weighted by Crippen LogP contribution is -2.20. The lowest BCUT2D eigenvalue weighted by molar-refractivity contribution is -0.0882. The van der Waals surface area contributed by atoms with Crippen LogP contribution in [0.15, 0.2) is 107 Å². The maximum absolute atomic E-state index is 13.5. The molecule has 0 fully saturated rings. The molecule has 3 nitrogen and oxygen atoms in total. The van der Waals surface area contributed by atoms with Gasteiger partial charge >= 0.3 is 6.18 Å². The summed E-state index contributed by atoms with van der Waals surface area (Å²) in [5.74, 6) is 0.381. The second-order valence-corrected chi connectivity index (χ2v) is 10.2. The average molecular weight is 554 g/mol. The molecule has 1 rings (SSSR count). The van der Waals surface area contributed by atoms with Gasteiger partial charge in [-0.15, -0.1) is 6.58 Å². The molecule has 0 saturated heterocycles. The fraction of sp³-hybridized carbons (Fsp3) is 0.382. The SMILES string of the molecule is C=C/C(=C\C(=C/CN(C)/C=N\CC)NC(=C)/C(C)=C/C(CCc1ccccc1C=C(C)C)[C@H](C)C=C)C(F)(F)F. The third kappa shape index (κ3) is 12.5. The van der Waals surface area contributed by atoms with E-state index in [4.69, 9.17) is 0 Å². The molecule has 1 N–H and O–H groups in total. The molecule has 218 valence electrons. The number of nitrogens with one attached hydrogen (secondary N) is 1. The predicted octanol–water partition coefficient (Wildman–Crippen LogP) is 9.07. The lowest BCUT2D eigenvalue weighted by Gasteiger charge is -2.21. The molecule has 0 aliphatic carbocycles. The van der Waals surface area contributed by atoms with Crippen molar-refractivity contribution < 1.29 is 13.2 Å². The molecular weight excluding hydrogens is 507 g/mol. The van der Waals surface area contributed by atoms with Crippen LogP contribution in [0, 0.1) is 11.8 Å². The largest absolute Gasteiger partial charge is 0.416 e. The van der Waals surface area contributed by atoms with E-state index in [1.54, 1.807) is 17.3 Å². The maximum atomic E-state index is 13.5. The third-order valence-corrected chi connectivity index (χ3v) is 6.45. The third-order valence-electron chi connectivity index (χ3n) is 6.45. The number of rotatable bonds is 16. The number of aliphatic imine (C=N–C) groups is 1. The highest BCUT2D eigenvalue weighted by atomic mass is 19.4. The first-order valence-corrected chi connectivity index (χ1v) is 13.6. The van der Waals surface area contributed by atoms with Gasteiger partial charge in [-0.25, -0.2) is 0 Å². The fourth-order valence-corrected chi connectivity index (χ4v) is 3.98. The van der Waals surface area contributed by atoms with Gasteiger partial charge in [0.05, 0.1) is 11.9 Å². The Kier molecular flexibility index (Phi) is 14.8. The second-order valence-electron chi connectivity index (χ2n) is 10.2. The number of hydrogen-bond donors (Lipinski definition) is 1. The second kappa shape index (κ2) is 17.2. The first-order chi connectivity index (χ1) is 18.8. The van der Waals surface area contributed by atoms with E-state index < -0.39 is 11.7 Å². The topological polar surface area (TPSA) is 27.6 Å². The van der Waals surface area contributed by atoms with Crippen LogP contribution in [0.25, 0.3) is 6.08 Å². The Balaban J connectivity index is 3.24. The standard InChI is InChI=1S/C34H46F3N3/c1-10-26(6)30(18-17-29-15-13-14-16-31(29)21-25(4)5)22-27(7)28(8)39-33(19-20-40(9)24-38-12-3)23-32(11-2)34(35,36)37/h10-11,13-16,19,21-24,26,30,39H,1-2,8,12,17-18,20H2,3-7,9H3/b27-22+,32-23+,33-19+,38-24-/t26-,30?/m1/s1. The zero-order valence-electron chi connectivity index (χ0n) is 25.0. The summed E-state index contributed by atoms with van der Waals surface area (Å²) in [6, 6.07) is 8.39. The monoisotopic (exact) mass is 553 g/mol. The molecule has 0 heterocycles. The van der Waals surface area contributed by atoms with Gasteiger partial charge in [0.15, 0.2) is 0 Å². The summed E-state index contributed by atoms with van der Waals surface area (Å²) in [7, 11) is 1.81. The van der Waals surface area contributed by atoms with Gasteiger partial charge in [0.1, 0.15) is 0 Å². The summed E-state index contributed by atoms with van der Waals surface area (Å²) < 4.78 is 40.5. The van der Waals surface area contributed by atoms with Gasteiger partial charge in [0, 0.05) is 31.5 Å². The van der Waals surface area contributed by atoms with Crippen LogP contribution >= 0.6 is 0 Å². The number of hydrogen-bond acceptors (Lipinski definition) is 2. The Morgan fingerprint density at radius 1 is 1.15 bits per heavy atom. The van der Waals surface area contributed by atoms with Crippen LogP contribution < -0.4 is 5.32 Å². The van der Waals surface area contributed by atoms with E-state index in [0.717, 1.165) is 30.6 Å². The van der Waals surface area contributed by atoms with Crippen molar-refractivity contribution in [2.24, 2.45) is 16.8 Å². The number of aryl methyl sites for hydroxylation is 1. The Hall–Kier alpha value is -3.54. The van der Waals surface area contributed by atoms with Gasteiger partial charge in [0.2, 0.25) is 0 Å². The average Bonchev–Trinajstić information content (AvgIpc) is 2.90. The van der Waals surface area contributed by atoms with Crippen molar-refractivity contribution in [2.45, 2.75) is 53.6 Å². The molecular formula is C34H46F3N3. The Morgan fingerprint density at radius 2 is 1.82 bits per heavy atom. The molecule has 1 aromatic carbocycles. The van der Waals surface area contributed by atoms with E-state index in [1.165, 1.54) is 16.7 Å². The molecule has 0 aliphatic heterocycles. The zero-order chi connectivity index (χ0) is 30.3. The molecule has 0 spiro atoms. The number of alkyl halides is 3.